The van der Waals surface area contributed by atoms with Gasteiger partial charge in [-0.05, 0) is 0 Å². The smallest absolute Gasteiger partial charge is 0.227 e. The van der Waals surface area contributed by atoms with Crippen LogP contribution in [0.15, 0.2) is 24.8 Å². The van der Waals surface area contributed by atoms with Crippen LogP contribution in [-0.4, -0.2) is 26.9 Å². The zero-order valence-electron chi connectivity index (χ0n) is 8.51. The summed E-state index contributed by atoms with van der Waals surface area (Å²) in [5.74, 6) is 1.15. The van der Waals surface area contributed by atoms with E-state index in [0.29, 0.717) is 11.7 Å². The Balaban J connectivity index is 2.11. The Morgan fingerprint density at radius 2 is 2.00 bits per heavy atom. The lowest BCUT2D eigenvalue weighted by Crippen LogP contribution is -1.96. The molecule has 6 nitrogen and oxygen atoms in total. The Morgan fingerprint density at radius 3 is 2.53 bits per heavy atom. The number of nitrogens with zero attached hydrogens (tertiary/aromatic N) is 4. The molecule has 0 amide bonds. The Hall–Kier alpha value is -2.11. The molecule has 2 heterocycles. The quantitative estimate of drug-likeness (QED) is 0.808. The largest absolute Gasteiger partial charge is 0.494 e. The molecule has 0 unspecified atom stereocenters. The van der Waals surface area contributed by atoms with Crippen LogP contribution in [0.5, 0.6) is 5.75 Å². The number of aromatic nitrogens is 4. The minimum atomic E-state index is 0.517. The van der Waals surface area contributed by atoms with Gasteiger partial charge in [-0.25, -0.2) is 9.97 Å². The Bertz CT molecular complexity index is 436. The Morgan fingerprint density at radius 1 is 1.27 bits per heavy atom. The number of hydrogen-bond donors (Lipinski definition) is 1. The van der Waals surface area contributed by atoms with E-state index in [1.54, 1.807) is 30.4 Å². The standard InChI is InChI=1S/C9H11N5O/c1-14-6-7(3-12-14)13-9-10-4-8(15-2)5-11-9/h3-6H,1-2H3,(H,10,11,13). The highest BCUT2D eigenvalue weighted by Gasteiger charge is 1.99. The summed E-state index contributed by atoms with van der Waals surface area (Å²) >= 11 is 0. The molecule has 0 atom stereocenters. The number of hydrogen-bond acceptors (Lipinski definition) is 5. The maximum atomic E-state index is 4.95. The Kier molecular flexibility index (Phi) is 2.49. The van der Waals surface area contributed by atoms with Gasteiger partial charge in [0.25, 0.3) is 0 Å². The van der Waals surface area contributed by atoms with Crippen LogP contribution in [0.1, 0.15) is 0 Å². The van der Waals surface area contributed by atoms with E-state index in [4.69, 9.17) is 4.74 Å². The molecule has 0 bridgehead atoms. The average molecular weight is 205 g/mol. The van der Waals surface area contributed by atoms with Gasteiger partial charge in [-0.1, -0.05) is 0 Å². The van der Waals surface area contributed by atoms with Crippen molar-refractivity contribution in [2.75, 3.05) is 12.4 Å². The van der Waals surface area contributed by atoms with E-state index in [9.17, 15) is 0 Å². The number of aryl methyl sites for hydroxylation is 1. The van der Waals surface area contributed by atoms with Crippen LogP contribution in [0.2, 0.25) is 0 Å². The fourth-order valence-electron chi connectivity index (χ4n) is 1.10. The lowest BCUT2D eigenvalue weighted by atomic mass is 10.5. The van der Waals surface area contributed by atoms with E-state index in [1.165, 1.54) is 0 Å². The van der Waals surface area contributed by atoms with Gasteiger partial charge in [0, 0.05) is 13.2 Å². The minimum Gasteiger partial charge on any atom is -0.494 e. The molecule has 0 spiro atoms. The molecule has 0 aliphatic heterocycles. The first-order chi connectivity index (χ1) is 7.28. The highest BCUT2D eigenvalue weighted by molar-refractivity contribution is 5.50. The van der Waals surface area contributed by atoms with Crippen molar-refractivity contribution in [3.63, 3.8) is 0 Å². The van der Waals surface area contributed by atoms with Crippen LogP contribution in [0.3, 0.4) is 0 Å². The summed E-state index contributed by atoms with van der Waals surface area (Å²) in [7, 11) is 3.42. The molecule has 2 rings (SSSR count). The fraction of sp³-hybridized carbons (Fsp3) is 0.222. The van der Waals surface area contributed by atoms with Crippen molar-refractivity contribution in [2.24, 2.45) is 7.05 Å². The van der Waals surface area contributed by atoms with Gasteiger partial charge in [0.05, 0.1) is 31.4 Å². The van der Waals surface area contributed by atoms with Gasteiger partial charge < -0.3 is 10.1 Å². The molecular weight excluding hydrogens is 194 g/mol. The number of nitrogens with one attached hydrogen (secondary N) is 1. The summed E-state index contributed by atoms with van der Waals surface area (Å²) in [5, 5.41) is 7.04. The summed E-state index contributed by atoms with van der Waals surface area (Å²) in [5.41, 5.74) is 0.850. The van der Waals surface area contributed by atoms with Gasteiger partial charge in [-0.15, -0.1) is 0 Å². The van der Waals surface area contributed by atoms with Crippen LogP contribution in [0, 0.1) is 0 Å². The van der Waals surface area contributed by atoms with Crippen LogP contribution in [-0.2, 0) is 7.05 Å². The van der Waals surface area contributed by atoms with Crippen molar-refractivity contribution in [3.8, 4) is 5.75 Å². The van der Waals surface area contributed by atoms with E-state index in [2.05, 4.69) is 20.4 Å². The zero-order chi connectivity index (χ0) is 10.7. The number of ether oxygens (including phenoxy) is 1. The molecular formula is C9H11N5O. The molecule has 0 aliphatic carbocycles. The van der Waals surface area contributed by atoms with E-state index < -0.39 is 0 Å². The van der Waals surface area contributed by atoms with E-state index in [0.717, 1.165) is 5.69 Å². The summed E-state index contributed by atoms with van der Waals surface area (Å²) in [6.45, 7) is 0. The molecule has 0 saturated carbocycles. The third-order valence-corrected chi connectivity index (χ3v) is 1.82. The van der Waals surface area contributed by atoms with Gasteiger partial charge in [0.15, 0.2) is 5.75 Å². The van der Waals surface area contributed by atoms with E-state index in [1.807, 2.05) is 13.2 Å². The second-order valence-corrected chi connectivity index (χ2v) is 2.97. The lowest BCUT2D eigenvalue weighted by molar-refractivity contribution is 0.411. The molecule has 0 fully saturated rings. The lowest BCUT2D eigenvalue weighted by Gasteiger charge is -2.01. The third kappa shape index (κ3) is 2.22. The number of rotatable bonds is 3. The summed E-state index contributed by atoms with van der Waals surface area (Å²) in [4.78, 5) is 8.14. The average Bonchev–Trinajstić information content (AvgIpc) is 2.65. The molecule has 2 aromatic rings. The highest BCUT2D eigenvalue weighted by atomic mass is 16.5. The Labute approximate surface area is 86.9 Å². The summed E-state index contributed by atoms with van der Waals surface area (Å²) < 4.78 is 6.65. The topological polar surface area (TPSA) is 64.9 Å². The normalized spacial score (nSPS) is 10.0. The van der Waals surface area contributed by atoms with Crippen molar-refractivity contribution in [1.82, 2.24) is 19.7 Å². The first-order valence-electron chi connectivity index (χ1n) is 4.39. The van der Waals surface area contributed by atoms with Gasteiger partial charge in [0.1, 0.15) is 0 Å². The van der Waals surface area contributed by atoms with Gasteiger partial charge in [-0.2, -0.15) is 5.10 Å². The predicted octanol–water partition coefficient (Wildman–Crippen LogP) is 0.962. The van der Waals surface area contributed by atoms with E-state index in [-0.39, 0.29) is 0 Å². The molecule has 15 heavy (non-hydrogen) atoms. The van der Waals surface area contributed by atoms with Crippen LogP contribution >= 0.6 is 0 Å². The molecule has 78 valence electrons. The molecule has 0 aromatic carbocycles. The van der Waals surface area contributed by atoms with Crippen LogP contribution in [0.4, 0.5) is 11.6 Å². The second-order valence-electron chi connectivity index (χ2n) is 2.97. The van der Waals surface area contributed by atoms with E-state index >= 15 is 0 Å². The van der Waals surface area contributed by atoms with Gasteiger partial charge >= 0.3 is 0 Å². The van der Waals surface area contributed by atoms with Crippen molar-refractivity contribution in [3.05, 3.63) is 24.8 Å². The molecule has 0 saturated heterocycles. The molecule has 0 radical (unpaired) electrons. The first kappa shape index (κ1) is 9.45. The third-order valence-electron chi connectivity index (χ3n) is 1.82. The second kappa shape index (κ2) is 3.95. The maximum Gasteiger partial charge on any atom is 0.227 e. The molecule has 1 N–H and O–H groups in total. The minimum absolute atomic E-state index is 0.517. The van der Waals surface area contributed by atoms with Crippen molar-refractivity contribution >= 4 is 11.6 Å². The monoisotopic (exact) mass is 205 g/mol. The summed E-state index contributed by atoms with van der Waals surface area (Å²) in [6.07, 6.45) is 6.75. The van der Waals surface area contributed by atoms with Gasteiger partial charge in [0.2, 0.25) is 5.95 Å². The van der Waals surface area contributed by atoms with Crippen molar-refractivity contribution in [2.45, 2.75) is 0 Å². The molecule has 2 aromatic heterocycles. The number of methoxy groups -OCH3 is 1. The SMILES string of the molecule is COc1cnc(Nc2cnn(C)c2)nc1. The van der Waals surface area contributed by atoms with Crippen LogP contribution < -0.4 is 10.1 Å². The summed E-state index contributed by atoms with van der Waals surface area (Å²) in [6, 6.07) is 0. The van der Waals surface area contributed by atoms with Gasteiger partial charge in [-0.3, -0.25) is 4.68 Å². The molecule has 6 heteroatoms. The van der Waals surface area contributed by atoms with Crippen molar-refractivity contribution in [1.29, 1.82) is 0 Å². The van der Waals surface area contributed by atoms with Crippen LogP contribution in [0.25, 0.3) is 0 Å². The van der Waals surface area contributed by atoms with Crippen molar-refractivity contribution < 1.29 is 4.74 Å². The maximum absolute atomic E-state index is 4.95. The predicted molar refractivity (Wildman–Crippen MR) is 55.1 cm³/mol. The first-order valence-corrected chi connectivity index (χ1v) is 4.39. The number of anilines is 2. The fourth-order valence-corrected chi connectivity index (χ4v) is 1.10. The zero-order valence-corrected chi connectivity index (χ0v) is 8.51. The molecule has 0 aliphatic rings. The highest BCUT2D eigenvalue weighted by Crippen LogP contribution is 2.12.